The predicted molar refractivity (Wildman–Crippen MR) is 115 cm³/mol. The molecule has 1 aromatic carbocycles. The highest BCUT2D eigenvalue weighted by molar-refractivity contribution is 7.89. The predicted octanol–water partition coefficient (Wildman–Crippen LogP) is 0.856. The maximum atomic E-state index is 13.0. The number of anilines is 1. The Bertz CT molecular complexity index is 1300. The SMILES string of the molecule is Cn1cnc(S(=O)(=O)N2CCc3nc(N4CCc5ccccc5C4)[nH]c(=O)c3CC2)c1. The normalized spacial score (nSPS) is 17.1. The van der Waals surface area contributed by atoms with Gasteiger partial charge in [0.15, 0.2) is 5.03 Å². The second-order valence-electron chi connectivity index (χ2n) is 8.04. The van der Waals surface area contributed by atoms with E-state index in [0.717, 1.165) is 13.0 Å². The van der Waals surface area contributed by atoms with E-state index in [0.29, 0.717) is 36.6 Å². The highest BCUT2D eigenvalue weighted by Crippen LogP contribution is 2.23. The van der Waals surface area contributed by atoms with E-state index in [4.69, 9.17) is 4.98 Å². The Balaban J connectivity index is 1.40. The minimum Gasteiger partial charge on any atom is -0.339 e. The first kappa shape index (κ1) is 20.0. The van der Waals surface area contributed by atoms with E-state index in [-0.39, 0.29) is 23.7 Å². The molecule has 2 aromatic heterocycles. The van der Waals surface area contributed by atoms with Gasteiger partial charge in [0.25, 0.3) is 15.6 Å². The molecule has 162 valence electrons. The number of aromatic nitrogens is 4. The molecule has 10 heteroatoms. The van der Waals surface area contributed by atoms with Gasteiger partial charge in [0, 0.05) is 51.4 Å². The van der Waals surface area contributed by atoms with Crippen molar-refractivity contribution in [3.8, 4) is 0 Å². The van der Waals surface area contributed by atoms with Crippen LogP contribution in [0.2, 0.25) is 0 Å². The van der Waals surface area contributed by atoms with Crippen molar-refractivity contribution in [1.82, 2.24) is 23.8 Å². The molecular weight excluding hydrogens is 416 g/mol. The highest BCUT2D eigenvalue weighted by Gasteiger charge is 2.30. The zero-order valence-electron chi connectivity index (χ0n) is 17.3. The standard InChI is InChI=1S/C21H24N6O3S/c1-25-13-19(22-14-25)31(29,30)27-10-7-17-18(8-11-27)23-21(24-20(17)28)26-9-6-15-4-2-3-5-16(15)12-26/h2-5,13-14H,6-12H2,1H3,(H,23,24,28). The first-order valence-electron chi connectivity index (χ1n) is 10.3. The lowest BCUT2D eigenvalue weighted by Gasteiger charge is -2.29. The summed E-state index contributed by atoms with van der Waals surface area (Å²) in [5.41, 5.74) is 3.62. The Morgan fingerprint density at radius 1 is 1.03 bits per heavy atom. The first-order valence-corrected chi connectivity index (χ1v) is 11.8. The molecule has 0 radical (unpaired) electrons. The number of aryl methyl sites for hydroxylation is 1. The zero-order chi connectivity index (χ0) is 21.6. The number of fused-ring (bicyclic) bond motifs is 2. The van der Waals surface area contributed by atoms with E-state index in [2.05, 4.69) is 27.0 Å². The van der Waals surface area contributed by atoms with Gasteiger partial charge >= 0.3 is 0 Å². The van der Waals surface area contributed by atoms with Crippen LogP contribution >= 0.6 is 0 Å². The Morgan fingerprint density at radius 2 is 1.81 bits per heavy atom. The van der Waals surface area contributed by atoms with Crippen molar-refractivity contribution in [3.05, 3.63) is 69.5 Å². The van der Waals surface area contributed by atoms with Crippen molar-refractivity contribution in [1.29, 1.82) is 0 Å². The fourth-order valence-corrected chi connectivity index (χ4v) is 5.70. The molecule has 31 heavy (non-hydrogen) atoms. The van der Waals surface area contributed by atoms with Gasteiger partial charge in [-0.3, -0.25) is 9.78 Å². The van der Waals surface area contributed by atoms with Gasteiger partial charge in [0.1, 0.15) is 0 Å². The summed E-state index contributed by atoms with van der Waals surface area (Å²) < 4.78 is 28.9. The number of sulfonamides is 1. The van der Waals surface area contributed by atoms with Crippen LogP contribution in [0, 0.1) is 0 Å². The quantitative estimate of drug-likeness (QED) is 0.648. The van der Waals surface area contributed by atoms with E-state index in [1.54, 1.807) is 11.6 Å². The number of H-pyrrole nitrogens is 1. The smallest absolute Gasteiger partial charge is 0.262 e. The number of rotatable bonds is 3. The Labute approximate surface area is 180 Å². The van der Waals surface area contributed by atoms with Crippen molar-refractivity contribution < 1.29 is 8.42 Å². The van der Waals surface area contributed by atoms with Gasteiger partial charge in [-0.25, -0.2) is 18.4 Å². The maximum absolute atomic E-state index is 13.0. The molecule has 3 aromatic rings. The molecule has 0 atom stereocenters. The molecule has 2 aliphatic rings. The molecular formula is C21H24N6O3S. The molecule has 9 nitrogen and oxygen atoms in total. The van der Waals surface area contributed by atoms with Crippen molar-refractivity contribution in [2.24, 2.45) is 7.05 Å². The van der Waals surface area contributed by atoms with Crippen molar-refractivity contribution in [2.75, 3.05) is 24.5 Å². The summed E-state index contributed by atoms with van der Waals surface area (Å²) in [4.78, 5) is 26.6. The van der Waals surface area contributed by atoms with Crippen LogP contribution < -0.4 is 10.5 Å². The van der Waals surface area contributed by atoms with Crippen LogP contribution in [0.25, 0.3) is 0 Å². The van der Waals surface area contributed by atoms with E-state index in [1.165, 1.54) is 28.0 Å². The van der Waals surface area contributed by atoms with Crippen molar-refractivity contribution in [2.45, 2.75) is 30.8 Å². The minimum absolute atomic E-state index is 0.0236. The van der Waals surface area contributed by atoms with E-state index in [1.807, 2.05) is 12.1 Å². The van der Waals surface area contributed by atoms with Gasteiger partial charge in [-0.15, -0.1) is 0 Å². The summed E-state index contributed by atoms with van der Waals surface area (Å²) in [7, 11) is -1.98. The van der Waals surface area contributed by atoms with Crippen molar-refractivity contribution >= 4 is 16.0 Å². The summed E-state index contributed by atoms with van der Waals surface area (Å²) in [6.07, 6.45) is 4.57. The molecule has 0 saturated carbocycles. The largest absolute Gasteiger partial charge is 0.339 e. The maximum Gasteiger partial charge on any atom is 0.262 e. The zero-order valence-corrected chi connectivity index (χ0v) is 18.1. The lowest BCUT2D eigenvalue weighted by molar-refractivity contribution is 0.424. The van der Waals surface area contributed by atoms with Crippen LogP contribution in [0.4, 0.5) is 5.95 Å². The van der Waals surface area contributed by atoms with Crippen LogP contribution in [-0.4, -0.2) is 51.9 Å². The second kappa shape index (κ2) is 7.61. The fraction of sp³-hybridized carbons (Fsp3) is 0.381. The number of hydrogen-bond donors (Lipinski definition) is 1. The van der Waals surface area contributed by atoms with E-state index < -0.39 is 10.0 Å². The molecule has 1 N–H and O–H groups in total. The highest BCUT2D eigenvalue weighted by atomic mass is 32.2. The van der Waals surface area contributed by atoms with Gasteiger partial charge in [-0.2, -0.15) is 4.31 Å². The molecule has 0 amide bonds. The molecule has 4 heterocycles. The summed E-state index contributed by atoms with van der Waals surface area (Å²) in [6, 6.07) is 8.30. The second-order valence-corrected chi connectivity index (χ2v) is 9.92. The average molecular weight is 441 g/mol. The van der Waals surface area contributed by atoms with Crippen LogP contribution in [0.5, 0.6) is 0 Å². The van der Waals surface area contributed by atoms with Gasteiger partial charge < -0.3 is 9.47 Å². The van der Waals surface area contributed by atoms with E-state index >= 15 is 0 Å². The number of nitrogens with one attached hydrogen (secondary N) is 1. The summed E-state index contributed by atoms with van der Waals surface area (Å²) in [6.45, 7) is 1.97. The number of aromatic amines is 1. The monoisotopic (exact) mass is 440 g/mol. The van der Waals surface area contributed by atoms with Crippen LogP contribution in [0.3, 0.4) is 0 Å². The first-order chi connectivity index (χ1) is 14.9. The van der Waals surface area contributed by atoms with E-state index in [9.17, 15) is 13.2 Å². The Morgan fingerprint density at radius 3 is 2.58 bits per heavy atom. The third-order valence-corrected chi connectivity index (χ3v) is 7.80. The van der Waals surface area contributed by atoms with Crippen LogP contribution in [0.1, 0.15) is 22.4 Å². The lowest BCUT2D eigenvalue weighted by atomic mass is 10.0. The molecule has 0 spiro atoms. The molecule has 0 aliphatic carbocycles. The topological polar surface area (TPSA) is 104 Å². The third kappa shape index (κ3) is 3.66. The van der Waals surface area contributed by atoms with Gasteiger partial charge in [-0.05, 0) is 24.0 Å². The van der Waals surface area contributed by atoms with Gasteiger partial charge in [-0.1, -0.05) is 24.3 Å². The fourth-order valence-electron chi connectivity index (χ4n) is 4.30. The summed E-state index contributed by atoms with van der Waals surface area (Å²) >= 11 is 0. The molecule has 0 unspecified atom stereocenters. The molecule has 0 saturated heterocycles. The minimum atomic E-state index is -3.71. The Hall–Kier alpha value is -2.98. The molecule has 5 rings (SSSR count). The average Bonchev–Trinajstić information content (AvgIpc) is 3.09. The van der Waals surface area contributed by atoms with Gasteiger partial charge in [0.05, 0.1) is 12.0 Å². The van der Waals surface area contributed by atoms with Crippen LogP contribution in [-0.2, 0) is 42.9 Å². The number of nitrogens with zero attached hydrogens (tertiary/aromatic N) is 5. The summed E-state index contributed by atoms with van der Waals surface area (Å²) in [5.74, 6) is 0.555. The van der Waals surface area contributed by atoms with Crippen LogP contribution in [0.15, 0.2) is 46.6 Å². The molecule has 0 fully saturated rings. The molecule has 0 bridgehead atoms. The lowest BCUT2D eigenvalue weighted by Crippen LogP contribution is -2.34. The third-order valence-electron chi connectivity index (χ3n) is 6.01. The summed E-state index contributed by atoms with van der Waals surface area (Å²) in [5, 5.41) is 0.0236. The van der Waals surface area contributed by atoms with Gasteiger partial charge in [0.2, 0.25) is 5.95 Å². The Kier molecular flexibility index (Phi) is 4.90. The molecule has 2 aliphatic heterocycles. The number of imidazole rings is 1. The number of benzene rings is 1. The number of hydrogen-bond acceptors (Lipinski definition) is 6. The van der Waals surface area contributed by atoms with Crippen molar-refractivity contribution in [3.63, 3.8) is 0 Å².